The van der Waals surface area contributed by atoms with Gasteiger partial charge in [0.1, 0.15) is 18.0 Å². The predicted molar refractivity (Wildman–Crippen MR) is 101 cm³/mol. The van der Waals surface area contributed by atoms with E-state index in [1.54, 1.807) is 0 Å². The van der Waals surface area contributed by atoms with Crippen LogP contribution in [-0.2, 0) is 0 Å². The molecule has 0 radical (unpaired) electrons. The molecule has 30 heavy (non-hydrogen) atoms. The van der Waals surface area contributed by atoms with E-state index in [9.17, 15) is 23.7 Å². The Morgan fingerprint density at radius 2 is 2.03 bits per heavy atom. The van der Waals surface area contributed by atoms with Crippen LogP contribution in [0.25, 0.3) is 11.0 Å². The van der Waals surface area contributed by atoms with Gasteiger partial charge in [0, 0.05) is 6.07 Å². The number of nitrogens with one attached hydrogen (secondary N) is 1. The number of ether oxygens (including phenoxy) is 1. The van der Waals surface area contributed by atoms with Gasteiger partial charge in [0.2, 0.25) is 5.52 Å². The number of carbonyl (C=O) groups excluding carboxylic acids is 1. The second kappa shape index (κ2) is 8.68. The summed E-state index contributed by atoms with van der Waals surface area (Å²) in [6.07, 6.45) is 1.31. The summed E-state index contributed by atoms with van der Waals surface area (Å²) in [6, 6.07) is 4.29. The second-order valence-electron chi connectivity index (χ2n) is 6.39. The average molecular weight is 421 g/mol. The minimum atomic E-state index is -1.24. The van der Waals surface area contributed by atoms with E-state index in [2.05, 4.69) is 20.3 Å². The molecule has 12 heteroatoms. The van der Waals surface area contributed by atoms with Gasteiger partial charge in [0.15, 0.2) is 17.1 Å². The Hall–Kier alpha value is -3.83. The molecule has 3 aromatic rings. The van der Waals surface area contributed by atoms with Crippen molar-refractivity contribution >= 4 is 28.3 Å². The van der Waals surface area contributed by atoms with Crippen LogP contribution in [0.5, 0.6) is 5.75 Å². The predicted octanol–water partition coefficient (Wildman–Crippen LogP) is 3.17. The molecule has 0 aliphatic carbocycles. The van der Waals surface area contributed by atoms with Crippen LogP contribution in [0.2, 0.25) is 0 Å². The van der Waals surface area contributed by atoms with Crippen LogP contribution in [0.4, 0.5) is 20.2 Å². The molecule has 0 saturated carbocycles. The molecular formula is C18H17F2N5O5. The van der Waals surface area contributed by atoms with Gasteiger partial charge in [-0.3, -0.25) is 14.9 Å². The number of carbonyl (C=O) groups is 1. The number of fused-ring (bicyclic) bond motifs is 1. The second-order valence-corrected chi connectivity index (χ2v) is 6.39. The normalized spacial score (nSPS) is 12.0. The van der Waals surface area contributed by atoms with Gasteiger partial charge in [-0.2, -0.15) is 0 Å². The first kappa shape index (κ1) is 20.9. The molecule has 158 valence electrons. The highest BCUT2D eigenvalue weighted by Gasteiger charge is 2.23. The molecule has 0 aliphatic heterocycles. The number of nitrogens with zero attached hydrogens (tertiary/aromatic N) is 3. The fourth-order valence-electron chi connectivity index (χ4n) is 2.94. The van der Waals surface area contributed by atoms with E-state index >= 15 is 0 Å². The van der Waals surface area contributed by atoms with Gasteiger partial charge in [-0.25, -0.2) is 13.4 Å². The topological polar surface area (TPSA) is 146 Å². The number of hydrogen-bond acceptors (Lipinski definition) is 8. The minimum Gasteiger partial charge on any atom is -0.488 e. The lowest BCUT2D eigenvalue weighted by Crippen LogP contribution is -2.27. The lowest BCUT2D eigenvalue weighted by atomic mass is 10.1. The highest BCUT2D eigenvalue weighted by molar-refractivity contribution is 5.94. The molecule has 0 aliphatic rings. The Morgan fingerprint density at radius 3 is 2.70 bits per heavy atom. The Bertz CT molecular complexity index is 1100. The number of non-ortho nitro benzene ring substituents is 1. The van der Waals surface area contributed by atoms with Gasteiger partial charge in [-0.1, -0.05) is 13.3 Å². The first-order valence-electron chi connectivity index (χ1n) is 8.90. The first-order chi connectivity index (χ1) is 14.3. The van der Waals surface area contributed by atoms with Crippen LogP contribution in [-0.4, -0.2) is 33.8 Å². The first-order valence-corrected chi connectivity index (χ1v) is 8.90. The molecule has 0 saturated heterocycles. The molecule has 1 atom stereocenters. The molecule has 0 fully saturated rings. The minimum absolute atomic E-state index is 0.0168. The zero-order valence-electron chi connectivity index (χ0n) is 15.7. The maximum atomic E-state index is 14.4. The van der Waals surface area contributed by atoms with Crippen molar-refractivity contribution < 1.29 is 27.9 Å². The van der Waals surface area contributed by atoms with Gasteiger partial charge in [-0.15, -0.1) is 0 Å². The summed E-state index contributed by atoms with van der Waals surface area (Å²) in [5.74, 6) is -3.84. The van der Waals surface area contributed by atoms with E-state index in [0.29, 0.717) is 12.1 Å². The maximum absolute atomic E-state index is 14.4. The summed E-state index contributed by atoms with van der Waals surface area (Å²) in [5, 5.41) is 21.5. The molecule has 2 aromatic carbocycles. The number of hydrogen-bond donors (Lipinski definition) is 2. The number of aromatic nitrogens is 2. The summed E-state index contributed by atoms with van der Waals surface area (Å²) in [7, 11) is 0. The van der Waals surface area contributed by atoms with Crippen molar-refractivity contribution in [3.8, 4) is 5.75 Å². The third-order valence-corrected chi connectivity index (χ3v) is 4.33. The van der Waals surface area contributed by atoms with E-state index in [-0.39, 0.29) is 35.1 Å². The number of amides is 1. The molecule has 10 nitrogen and oxygen atoms in total. The number of halogens is 2. The Labute approximate surface area is 168 Å². The van der Waals surface area contributed by atoms with Crippen LogP contribution >= 0.6 is 0 Å². The van der Waals surface area contributed by atoms with Crippen molar-refractivity contribution in [2.45, 2.75) is 25.8 Å². The van der Waals surface area contributed by atoms with Crippen LogP contribution in [0.3, 0.4) is 0 Å². The van der Waals surface area contributed by atoms with Crippen LogP contribution in [0.1, 0.15) is 30.1 Å². The monoisotopic (exact) mass is 421 g/mol. The molecule has 0 bridgehead atoms. The van der Waals surface area contributed by atoms with Gasteiger partial charge >= 0.3 is 5.69 Å². The van der Waals surface area contributed by atoms with Crippen molar-refractivity contribution in [2.75, 3.05) is 11.9 Å². The highest BCUT2D eigenvalue weighted by atomic mass is 19.1. The van der Waals surface area contributed by atoms with E-state index in [1.807, 2.05) is 6.92 Å². The Morgan fingerprint density at radius 1 is 1.30 bits per heavy atom. The van der Waals surface area contributed by atoms with Crippen LogP contribution in [0.15, 0.2) is 28.9 Å². The molecule has 1 aromatic heterocycles. The third-order valence-electron chi connectivity index (χ3n) is 4.33. The number of anilines is 1. The maximum Gasteiger partial charge on any atom is 0.300 e. The highest BCUT2D eigenvalue weighted by Crippen LogP contribution is 2.30. The quantitative estimate of drug-likeness (QED) is 0.396. The summed E-state index contributed by atoms with van der Waals surface area (Å²) >= 11 is 0. The van der Waals surface area contributed by atoms with E-state index in [4.69, 9.17) is 10.5 Å². The summed E-state index contributed by atoms with van der Waals surface area (Å²) in [6.45, 7) is 1.86. The summed E-state index contributed by atoms with van der Waals surface area (Å²) in [4.78, 5) is 21.8. The molecule has 3 N–H and O–H groups in total. The standard InChI is InChI=1S/C18H17F2N5O5/c1-2-3-9(8-29-13-7-4-10(19)14(15(13)20)18(21)26)22-11-5-6-12(25(27)28)17-16(11)23-30-24-17/h4-7,9,22H,2-3,8H2,1H3,(H2,21,26)/t9-/m1/s1. The van der Waals surface area contributed by atoms with Crippen molar-refractivity contribution in [1.82, 2.24) is 10.3 Å². The van der Waals surface area contributed by atoms with Crippen LogP contribution < -0.4 is 15.8 Å². The summed E-state index contributed by atoms with van der Waals surface area (Å²) in [5.41, 5.74) is 4.43. The SMILES string of the molecule is CCC[C@H](COc1ccc(F)c(C(N)=O)c1F)Nc1ccc([N+](=O)[O-])c2nonc12. The van der Waals surface area contributed by atoms with E-state index < -0.39 is 28.0 Å². The molecule has 1 heterocycles. The lowest BCUT2D eigenvalue weighted by molar-refractivity contribution is -0.383. The fourth-order valence-corrected chi connectivity index (χ4v) is 2.94. The van der Waals surface area contributed by atoms with Crippen molar-refractivity contribution in [3.63, 3.8) is 0 Å². The van der Waals surface area contributed by atoms with E-state index in [0.717, 1.165) is 18.6 Å². The molecular weight excluding hydrogens is 404 g/mol. The van der Waals surface area contributed by atoms with Gasteiger partial charge in [0.25, 0.3) is 5.91 Å². The van der Waals surface area contributed by atoms with E-state index in [1.165, 1.54) is 12.1 Å². The fraction of sp³-hybridized carbons (Fsp3) is 0.278. The zero-order chi connectivity index (χ0) is 21.8. The van der Waals surface area contributed by atoms with Crippen molar-refractivity contribution in [3.05, 3.63) is 51.6 Å². The van der Waals surface area contributed by atoms with Gasteiger partial charge < -0.3 is 15.8 Å². The van der Waals surface area contributed by atoms with Gasteiger partial charge in [-0.05, 0) is 34.9 Å². The number of rotatable bonds is 9. The van der Waals surface area contributed by atoms with Crippen molar-refractivity contribution in [2.24, 2.45) is 5.73 Å². The summed E-state index contributed by atoms with van der Waals surface area (Å²) < 4.78 is 38.0. The zero-order valence-corrected chi connectivity index (χ0v) is 15.7. The molecule has 3 rings (SSSR count). The van der Waals surface area contributed by atoms with Gasteiger partial charge in [0.05, 0.1) is 16.7 Å². The molecule has 0 spiro atoms. The number of primary amides is 1. The molecule has 0 unspecified atom stereocenters. The largest absolute Gasteiger partial charge is 0.488 e. The number of nitro groups is 1. The average Bonchev–Trinajstić information content (AvgIpc) is 3.17. The Kier molecular flexibility index (Phi) is 6.04. The molecule has 1 amide bonds. The number of benzene rings is 2. The lowest BCUT2D eigenvalue weighted by Gasteiger charge is -2.20. The smallest absolute Gasteiger partial charge is 0.300 e. The Balaban J connectivity index is 1.82. The number of nitro benzene ring substituents is 1. The van der Waals surface area contributed by atoms with Crippen molar-refractivity contribution in [1.29, 1.82) is 0 Å². The van der Waals surface area contributed by atoms with Crippen LogP contribution in [0, 0.1) is 21.7 Å². The third kappa shape index (κ3) is 4.11. The number of nitrogens with two attached hydrogens (primary N) is 1.